The first-order valence-corrected chi connectivity index (χ1v) is 5.48. The van der Waals surface area contributed by atoms with E-state index in [-0.39, 0.29) is 6.04 Å². The highest BCUT2D eigenvalue weighted by molar-refractivity contribution is 7.80. The Kier molecular flexibility index (Phi) is 3.68. The Bertz CT molecular complexity index is 193. The quantitative estimate of drug-likeness (QED) is 0.689. The molecule has 1 aliphatic rings. The van der Waals surface area contributed by atoms with E-state index in [1.54, 1.807) is 0 Å². The number of piperidine rings is 1. The predicted octanol–water partition coefficient (Wildman–Crippen LogP) is 1.78. The van der Waals surface area contributed by atoms with Crippen LogP contribution in [0.1, 0.15) is 33.6 Å². The number of nitrogens with zero attached hydrogens (tertiary/aromatic N) is 1. The summed E-state index contributed by atoms with van der Waals surface area (Å²) in [6.45, 7) is 7.81. The van der Waals surface area contributed by atoms with Gasteiger partial charge in [0, 0.05) is 12.6 Å². The molecule has 3 heteroatoms. The van der Waals surface area contributed by atoms with Gasteiger partial charge in [0.2, 0.25) is 0 Å². The Balaban J connectivity index is 2.60. The summed E-state index contributed by atoms with van der Waals surface area (Å²) in [6, 6.07) is 0.889. The van der Waals surface area contributed by atoms with Gasteiger partial charge < -0.3 is 5.73 Å². The van der Waals surface area contributed by atoms with Crippen LogP contribution in [0, 0.1) is 5.92 Å². The fraction of sp³-hybridized carbons (Fsp3) is 0.900. The van der Waals surface area contributed by atoms with Gasteiger partial charge in [-0.25, -0.2) is 0 Å². The second kappa shape index (κ2) is 4.38. The van der Waals surface area contributed by atoms with Crippen molar-refractivity contribution in [3.63, 3.8) is 0 Å². The fourth-order valence-corrected chi connectivity index (χ4v) is 2.16. The third kappa shape index (κ3) is 2.64. The van der Waals surface area contributed by atoms with Gasteiger partial charge in [0.05, 0.1) is 11.0 Å². The van der Waals surface area contributed by atoms with Crippen LogP contribution in [-0.2, 0) is 0 Å². The molecule has 2 N–H and O–H groups in total. The smallest absolute Gasteiger partial charge is 0.0899 e. The molecule has 0 saturated carbocycles. The predicted molar refractivity (Wildman–Crippen MR) is 60.8 cm³/mol. The summed E-state index contributed by atoms with van der Waals surface area (Å²) in [6.07, 6.45) is 2.61. The molecule has 1 fully saturated rings. The van der Waals surface area contributed by atoms with E-state index >= 15 is 0 Å². The molecular formula is C10H20N2S. The lowest BCUT2D eigenvalue weighted by molar-refractivity contribution is 0.111. The van der Waals surface area contributed by atoms with E-state index in [4.69, 9.17) is 18.0 Å². The summed E-state index contributed by atoms with van der Waals surface area (Å²) in [5, 5.41) is 0. The van der Waals surface area contributed by atoms with Crippen molar-refractivity contribution >= 4 is 17.2 Å². The van der Waals surface area contributed by atoms with Crippen molar-refractivity contribution in [2.75, 3.05) is 6.54 Å². The number of hydrogen-bond acceptors (Lipinski definition) is 2. The van der Waals surface area contributed by atoms with Crippen molar-refractivity contribution in [1.82, 2.24) is 4.90 Å². The molecule has 0 radical (unpaired) electrons. The molecule has 76 valence electrons. The van der Waals surface area contributed by atoms with Crippen LogP contribution in [0.15, 0.2) is 0 Å². The third-order valence-corrected chi connectivity index (χ3v) is 3.42. The van der Waals surface area contributed by atoms with Gasteiger partial charge in [-0.3, -0.25) is 4.90 Å². The molecule has 1 saturated heterocycles. The standard InChI is InChI=1S/C10H20N2S/c1-7-4-5-8(2)12(6-7)9(3)10(11)13/h7-9H,4-6H2,1-3H3,(H2,11,13). The largest absolute Gasteiger partial charge is 0.392 e. The van der Waals surface area contributed by atoms with Crippen LogP contribution in [0.25, 0.3) is 0 Å². The Morgan fingerprint density at radius 3 is 2.62 bits per heavy atom. The topological polar surface area (TPSA) is 29.3 Å². The van der Waals surface area contributed by atoms with Gasteiger partial charge in [-0.15, -0.1) is 0 Å². The van der Waals surface area contributed by atoms with E-state index in [1.165, 1.54) is 12.8 Å². The zero-order valence-corrected chi connectivity index (χ0v) is 9.60. The lowest BCUT2D eigenvalue weighted by Crippen LogP contribution is -2.50. The van der Waals surface area contributed by atoms with E-state index in [1.807, 2.05) is 0 Å². The minimum absolute atomic E-state index is 0.257. The summed E-state index contributed by atoms with van der Waals surface area (Å²) in [5.74, 6) is 0.785. The molecule has 1 rings (SSSR count). The van der Waals surface area contributed by atoms with Gasteiger partial charge in [0.15, 0.2) is 0 Å². The zero-order chi connectivity index (χ0) is 10.0. The molecule has 0 aromatic carbocycles. The number of rotatable bonds is 2. The molecule has 1 aliphatic heterocycles. The molecule has 0 bridgehead atoms. The lowest BCUT2D eigenvalue weighted by Gasteiger charge is -2.40. The summed E-state index contributed by atoms with van der Waals surface area (Å²) in [5.41, 5.74) is 5.66. The van der Waals surface area contributed by atoms with Crippen molar-refractivity contribution < 1.29 is 0 Å². The average molecular weight is 200 g/mol. The van der Waals surface area contributed by atoms with Gasteiger partial charge in [-0.1, -0.05) is 19.1 Å². The van der Waals surface area contributed by atoms with E-state index in [2.05, 4.69) is 25.7 Å². The minimum atomic E-state index is 0.257. The van der Waals surface area contributed by atoms with E-state index in [0.717, 1.165) is 12.5 Å². The van der Waals surface area contributed by atoms with E-state index < -0.39 is 0 Å². The summed E-state index contributed by atoms with van der Waals surface area (Å²) < 4.78 is 0. The first-order valence-electron chi connectivity index (χ1n) is 5.07. The van der Waals surface area contributed by atoms with Crippen LogP contribution in [0.3, 0.4) is 0 Å². The Hall–Kier alpha value is -0.150. The molecule has 13 heavy (non-hydrogen) atoms. The molecule has 3 atom stereocenters. The molecule has 0 aliphatic carbocycles. The number of thiocarbonyl (C=S) groups is 1. The highest BCUT2D eigenvalue weighted by Crippen LogP contribution is 2.23. The van der Waals surface area contributed by atoms with Gasteiger partial charge in [0.25, 0.3) is 0 Å². The maximum Gasteiger partial charge on any atom is 0.0899 e. The molecule has 3 unspecified atom stereocenters. The molecule has 0 aromatic rings. The van der Waals surface area contributed by atoms with Crippen LogP contribution < -0.4 is 5.73 Å². The maximum absolute atomic E-state index is 5.66. The van der Waals surface area contributed by atoms with Crippen LogP contribution in [0.2, 0.25) is 0 Å². The lowest BCUT2D eigenvalue weighted by atomic mass is 9.94. The van der Waals surface area contributed by atoms with Crippen molar-refractivity contribution in [1.29, 1.82) is 0 Å². The van der Waals surface area contributed by atoms with Gasteiger partial charge in [-0.2, -0.15) is 0 Å². The Morgan fingerprint density at radius 1 is 1.46 bits per heavy atom. The van der Waals surface area contributed by atoms with Crippen molar-refractivity contribution in [2.24, 2.45) is 11.7 Å². The molecule has 2 nitrogen and oxygen atoms in total. The Labute approximate surface area is 86.5 Å². The summed E-state index contributed by atoms with van der Waals surface area (Å²) >= 11 is 5.03. The monoisotopic (exact) mass is 200 g/mol. The zero-order valence-electron chi connectivity index (χ0n) is 8.79. The summed E-state index contributed by atoms with van der Waals surface area (Å²) in [7, 11) is 0. The van der Waals surface area contributed by atoms with Crippen LogP contribution in [-0.4, -0.2) is 28.5 Å². The fourth-order valence-electron chi connectivity index (χ4n) is 2.03. The van der Waals surface area contributed by atoms with E-state index in [9.17, 15) is 0 Å². The van der Waals surface area contributed by atoms with Crippen molar-refractivity contribution in [3.8, 4) is 0 Å². The Morgan fingerprint density at radius 2 is 2.08 bits per heavy atom. The first-order chi connectivity index (χ1) is 6.02. The molecule has 0 aromatic heterocycles. The van der Waals surface area contributed by atoms with Crippen LogP contribution in [0.5, 0.6) is 0 Å². The first kappa shape index (κ1) is 10.9. The van der Waals surface area contributed by atoms with E-state index in [0.29, 0.717) is 11.0 Å². The normalized spacial score (nSPS) is 32.8. The van der Waals surface area contributed by atoms with Crippen molar-refractivity contribution in [3.05, 3.63) is 0 Å². The molecule has 0 spiro atoms. The molecular weight excluding hydrogens is 180 g/mol. The summed E-state index contributed by atoms with van der Waals surface area (Å²) in [4.78, 5) is 3.05. The average Bonchev–Trinajstić information content (AvgIpc) is 2.08. The highest BCUT2D eigenvalue weighted by atomic mass is 32.1. The van der Waals surface area contributed by atoms with Crippen molar-refractivity contribution in [2.45, 2.75) is 45.7 Å². The van der Waals surface area contributed by atoms with Gasteiger partial charge in [0.1, 0.15) is 0 Å². The number of hydrogen-bond donors (Lipinski definition) is 1. The van der Waals surface area contributed by atoms with Crippen LogP contribution >= 0.6 is 12.2 Å². The van der Waals surface area contributed by atoms with Crippen LogP contribution in [0.4, 0.5) is 0 Å². The number of likely N-dealkylation sites (tertiary alicyclic amines) is 1. The highest BCUT2D eigenvalue weighted by Gasteiger charge is 2.27. The maximum atomic E-state index is 5.66. The molecule has 0 amide bonds. The third-order valence-electron chi connectivity index (χ3n) is 3.08. The second-order valence-corrected chi connectivity index (χ2v) is 4.78. The van der Waals surface area contributed by atoms with Gasteiger partial charge in [-0.05, 0) is 32.6 Å². The number of nitrogens with two attached hydrogens (primary N) is 1. The van der Waals surface area contributed by atoms with Gasteiger partial charge >= 0.3 is 0 Å². The molecule has 1 heterocycles. The minimum Gasteiger partial charge on any atom is -0.392 e. The second-order valence-electron chi connectivity index (χ2n) is 4.31. The SMILES string of the molecule is CC1CCC(C)N(C(C)C(N)=S)C1.